The average Bonchev–Trinajstić information content (AvgIpc) is 2.53. The van der Waals surface area contributed by atoms with Gasteiger partial charge < -0.3 is 0 Å². The van der Waals surface area contributed by atoms with E-state index in [1.165, 1.54) is 38.5 Å². The Hall–Kier alpha value is -2.08. The van der Waals surface area contributed by atoms with Gasteiger partial charge in [0.1, 0.15) is 0 Å². The van der Waals surface area contributed by atoms with Crippen molar-refractivity contribution in [3.8, 4) is 0 Å². The Morgan fingerprint density at radius 2 is 0.545 bits per heavy atom. The molecule has 1 aliphatic carbocycles. The molecule has 0 nitrogen and oxygen atoms in total. The van der Waals surface area contributed by atoms with Crippen molar-refractivity contribution in [1.82, 2.24) is 0 Å². The van der Waals surface area contributed by atoms with Crippen LogP contribution in [-0.2, 0) is 0 Å². The lowest BCUT2D eigenvalue weighted by atomic mass is 10.1. The second-order valence-corrected chi connectivity index (χ2v) is 5.16. The molecule has 1 aliphatic rings. The molecule has 116 valence electrons. The maximum Gasteiger partial charge on any atom is -0.0348 e. The van der Waals surface area contributed by atoms with Crippen molar-refractivity contribution in [2.45, 2.75) is 38.5 Å². The van der Waals surface area contributed by atoms with Crippen molar-refractivity contribution in [2.24, 2.45) is 0 Å². The smallest absolute Gasteiger partial charge is 0.0348 e. The zero-order valence-electron chi connectivity index (χ0n) is 13.5. The molecule has 0 aromatic carbocycles. The first-order valence-electron chi connectivity index (χ1n) is 8.32. The molecule has 0 heteroatoms. The summed E-state index contributed by atoms with van der Waals surface area (Å²) in [5.74, 6) is 0. The Kier molecular flexibility index (Phi) is 12.5. The molecule has 0 aromatic rings. The molecule has 0 amide bonds. The first kappa shape index (κ1) is 18.0. The third-order valence-electron chi connectivity index (χ3n) is 3.21. The maximum atomic E-state index is 2.26. The highest BCUT2D eigenvalue weighted by Crippen LogP contribution is 2.06. The van der Waals surface area contributed by atoms with Gasteiger partial charge in [-0.2, -0.15) is 0 Å². The van der Waals surface area contributed by atoms with Crippen molar-refractivity contribution < 1.29 is 0 Å². The second kappa shape index (κ2) is 15.3. The van der Waals surface area contributed by atoms with E-state index in [2.05, 4.69) is 48.6 Å². The fourth-order valence-electron chi connectivity index (χ4n) is 2.00. The van der Waals surface area contributed by atoms with Gasteiger partial charge in [-0.3, -0.25) is 0 Å². The number of hydrogen-bond acceptors (Lipinski definition) is 0. The summed E-state index contributed by atoms with van der Waals surface area (Å²) in [6.07, 6.45) is 41.0. The molecule has 22 heavy (non-hydrogen) atoms. The van der Waals surface area contributed by atoms with Gasteiger partial charge >= 0.3 is 0 Å². The topological polar surface area (TPSA) is 0 Å². The van der Waals surface area contributed by atoms with Gasteiger partial charge in [-0.15, -0.1) is 0 Å². The standard InChI is InChI=1S/C22H28/c1-2-4-6-8-10-12-14-16-18-20-22-21-19-17-15-13-11-9-7-5-3-1/h1-16H,17-22H2/b3-1+,4-2+,7-5-,8-6+,11-9+,12-10-,15-13+,16-14?. The van der Waals surface area contributed by atoms with E-state index in [4.69, 9.17) is 0 Å². The minimum Gasteiger partial charge on any atom is -0.0845 e. The van der Waals surface area contributed by atoms with E-state index in [1.807, 2.05) is 48.6 Å². The zero-order valence-corrected chi connectivity index (χ0v) is 13.5. The van der Waals surface area contributed by atoms with Crippen molar-refractivity contribution in [2.75, 3.05) is 0 Å². The van der Waals surface area contributed by atoms with Crippen LogP contribution in [0.4, 0.5) is 0 Å². The van der Waals surface area contributed by atoms with Crippen LogP contribution in [0.5, 0.6) is 0 Å². The Bertz CT molecular complexity index is 430. The van der Waals surface area contributed by atoms with Crippen molar-refractivity contribution >= 4 is 0 Å². The van der Waals surface area contributed by atoms with Crippen LogP contribution in [0.2, 0.25) is 0 Å². The van der Waals surface area contributed by atoms with Crippen LogP contribution in [0, 0.1) is 0 Å². The monoisotopic (exact) mass is 292 g/mol. The predicted molar refractivity (Wildman–Crippen MR) is 101 cm³/mol. The molecule has 0 unspecified atom stereocenters. The molecule has 0 fully saturated rings. The summed E-state index contributed by atoms with van der Waals surface area (Å²) in [6, 6.07) is 0. The van der Waals surface area contributed by atoms with Gasteiger partial charge in [-0.1, -0.05) is 110 Å². The van der Waals surface area contributed by atoms with Gasteiger partial charge in [0.05, 0.1) is 0 Å². The summed E-state index contributed by atoms with van der Waals surface area (Å²) < 4.78 is 0. The lowest BCUT2D eigenvalue weighted by Gasteiger charge is -1.96. The van der Waals surface area contributed by atoms with E-state index >= 15 is 0 Å². The first-order valence-corrected chi connectivity index (χ1v) is 8.32. The molecule has 0 aliphatic heterocycles. The molecular formula is C22H28. The highest BCUT2D eigenvalue weighted by molar-refractivity contribution is 5.21. The first-order chi connectivity index (χ1) is 11.0. The minimum absolute atomic E-state index is 1.18. The van der Waals surface area contributed by atoms with E-state index < -0.39 is 0 Å². The molecule has 0 aromatic heterocycles. The Morgan fingerprint density at radius 1 is 0.273 bits per heavy atom. The predicted octanol–water partition coefficient (Wildman–Crippen LogP) is 6.79. The highest BCUT2D eigenvalue weighted by atomic mass is 13.9. The average molecular weight is 292 g/mol. The quantitative estimate of drug-likeness (QED) is 0.461. The van der Waals surface area contributed by atoms with E-state index in [1.54, 1.807) is 0 Å². The van der Waals surface area contributed by atoms with Gasteiger partial charge in [0.15, 0.2) is 0 Å². The molecule has 0 N–H and O–H groups in total. The van der Waals surface area contributed by atoms with Crippen LogP contribution in [0.1, 0.15) is 38.5 Å². The summed E-state index contributed by atoms with van der Waals surface area (Å²) in [5.41, 5.74) is 0. The summed E-state index contributed by atoms with van der Waals surface area (Å²) in [6.45, 7) is 0. The molecule has 1 rings (SSSR count). The molecule has 0 spiro atoms. The van der Waals surface area contributed by atoms with E-state index in [0.29, 0.717) is 0 Å². The molecule has 0 heterocycles. The van der Waals surface area contributed by atoms with Crippen LogP contribution in [0.15, 0.2) is 97.2 Å². The van der Waals surface area contributed by atoms with E-state index in [9.17, 15) is 0 Å². The van der Waals surface area contributed by atoms with Crippen LogP contribution in [-0.4, -0.2) is 0 Å². The van der Waals surface area contributed by atoms with Crippen molar-refractivity contribution in [3.63, 3.8) is 0 Å². The molecule has 0 saturated carbocycles. The Labute approximate surface area is 136 Å². The molecular weight excluding hydrogens is 264 g/mol. The van der Waals surface area contributed by atoms with Crippen molar-refractivity contribution in [3.05, 3.63) is 97.2 Å². The lowest BCUT2D eigenvalue weighted by molar-refractivity contribution is 0.652. The van der Waals surface area contributed by atoms with Crippen molar-refractivity contribution in [1.29, 1.82) is 0 Å². The maximum absolute atomic E-state index is 2.26. The van der Waals surface area contributed by atoms with Gasteiger partial charge in [-0.05, 0) is 25.7 Å². The van der Waals surface area contributed by atoms with Gasteiger partial charge in [-0.25, -0.2) is 0 Å². The SMILES string of the molecule is C1=CCCCCCC/C=C/C=C/C=C\C=C\C=C\C=C\C=C/1. The summed E-state index contributed by atoms with van der Waals surface area (Å²) >= 11 is 0. The third-order valence-corrected chi connectivity index (χ3v) is 3.21. The minimum atomic E-state index is 1.18. The number of hydrogen-bond donors (Lipinski definition) is 0. The fraction of sp³-hybridized carbons (Fsp3) is 0.273. The summed E-state index contributed by atoms with van der Waals surface area (Å²) in [7, 11) is 0. The second-order valence-electron chi connectivity index (χ2n) is 5.16. The fourth-order valence-corrected chi connectivity index (χ4v) is 2.00. The van der Waals surface area contributed by atoms with E-state index in [0.717, 1.165) is 0 Å². The lowest BCUT2D eigenvalue weighted by Crippen LogP contribution is -1.76. The summed E-state index contributed by atoms with van der Waals surface area (Å²) in [5, 5.41) is 0. The number of allylic oxidation sites excluding steroid dienone is 16. The highest BCUT2D eigenvalue weighted by Gasteiger charge is 1.86. The van der Waals surface area contributed by atoms with Crippen LogP contribution < -0.4 is 0 Å². The van der Waals surface area contributed by atoms with E-state index in [-0.39, 0.29) is 0 Å². The van der Waals surface area contributed by atoms with Crippen LogP contribution >= 0.6 is 0 Å². The molecule has 0 radical (unpaired) electrons. The van der Waals surface area contributed by atoms with Gasteiger partial charge in [0.25, 0.3) is 0 Å². The molecule has 0 bridgehead atoms. The normalized spacial score (nSPS) is 28.4. The molecule has 0 atom stereocenters. The van der Waals surface area contributed by atoms with Crippen LogP contribution in [0.25, 0.3) is 0 Å². The Balaban J connectivity index is 2.46. The van der Waals surface area contributed by atoms with Crippen LogP contribution in [0.3, 0.4) is 0 Å². The summed E-state index contributed by atoms with van der Waals surface area (Å²) in [4.78, 5) is 0. The molecule has 0 saturated heterocycles. The van der Waals surface area contributed by atoms with Gasteiger partial charge in [0.2, 0.25) is 0 Å². The Morgan fingerprint density at radius 3 is 0.864 bits per heavy atom. The number of rotatable bonds is 0. The zero-order chi connectivity index (χ0) is 15.6. The van der Waals surface area contributed by atoms with Gasteiger partial charge in [0, 0.05) is 0 Å². The largest absolute Gasteiger partial charge is 0.0845 e. The third kappa shape index (κ3) is 12.9.